The van der Waals surface area contributed by atoms with Crippen LogP contribution in [0.2, 0.25) is 0 Å². The summed E-state index contributed by atoms with van der Waals surface area (Å²) in [6, 6.07) is 0.904. The molecule has 1 N–H and O–H groups in total. The van der Waals surface area contributed by atoms with Crippen molar-refractivity contribution in [1.29, 1.82) is 0 Å². The molecule has 2 fully saturated rings. The fourth-order valence-corrected chi connectivity index (χ4v) is 2.64. The maximum absolute atomic E-state index is 12.3. The molecule has 0 aromatic heterocycles. The van der Waals surface area contributed by atoms with Crippen LogP contribution in [-0.4, -0.2) is 73.2 Å². The number of carbonyl (C=O) groups excluding carboxylic acids is 1. The quantitative estimate of drug-likeness (QED) is 0.749. The molecule has 18 heavy (non-hydrogen) atoms. The number of rotatable bonds is 2. The third-order valence-electron chi connectivity index (χ3n) is 3.83. The lowest BCUT2D eigenvalue weighted by Crippen LogP contribution is -2.57. The molecular weight excluding hydrogens is 230 g/mol. The average molecular weight is 255 g/mol. The summed E-state index contributed by atoms with van der Waals surface area (Å²) in [5.41, 5.74) is 0. The molecule has 0 bridgehead atoms. The normalized spacial score (nSPS) is 34.6. The van der Waals surface area contributed by atoms with Gasteiger partial charge in [0.2, 0.25) is 5.91 Å². The molecule has 3 unspecified atom stereocenters. The molecule has 3 atom stereocenters. The first kappa shape index (κ1) is 13.8. The SMILES string of the molecule is CC1CN(CC(=O)N2CCOC(C)C2)C(C)CN1. The Kier molecular flexibility index (Phi) is 4.59. The van der Waals surface area contributed by atoms with Crippen molar-refractivity contribution in [2.75, 3.05) is 39.3 Å². The van der Waals surface area contributed by atoms with Gasteiger partial charge in [0.05, 0.1) is 19.3 Å². The zero-order valence-electron chi connectivity index (χ0n) is 11.7. The van der Waals surface area contributed by atoms with Crippen LogP contribution in [0.15, 0.2) is 0 Å². The number of hydrogen-bond donors (Lipinski definition) is 1. The van der Waals surface area contributed by atoms with Gasteiger partial charge in [-0.25, -0.2) is 0 Å². The summed E-state index contributed by atoms with van der Waals surface area (Å²) in [5.74, 6) is 0.242. The van der Waals surface area contributed by atoms with Crippen molar-refractivity contribution >= 4 is 5.91 Å². The van der Waals surface area contributed by atoms with E-state index in [1.165, 1.54) is 0 Å². The van der Waals surface area contributed by atoms with E-state index in [9.17, 15) is 4.79 Å². The number of morpholine rings is 1. The highest BCUT2D eigenvalue weighted by Crippen LogP contribution is 2.09. The Labute approximate surface area is 109 Å². The van der Waals surface area contributed by atoms with Crippen LogP contribution in [0.1, 0.15) is 20.8 Å². The van der Waals surface area contributed by atoms with Gasteiger partial charge in [-0.1, -0.05) is 0 Å². The fourth-order valence-electron chi connectivity index (χ4n) is 2.64. The monoisotopic (exact) mass is 255 g/mol. The number of nitrogens with one attached hydrogen (secondary N) is 1. The van der Waals surface area contributed by atoms with Gasteiger partial charge in [-0.05, 0) is 20.8 Å². The molecule has 104 valence electrons. The van der Waals surface area contributed by atoms with Crippen LogP contribution in [-0.2, 0) is 9.53 Å². The molecule has 2 aliphatic rings. The van der Waals surface area contributed by atoms with Crippen molar-refractivity contribution in [3.05, 3.63) is 0 Å². The summed E-state index contributed by atoms with van der Waals surface area (Å²) in [4.78, 5) is 16.5. The second kappa shape index (κ2) is 5.99. The van der Waals surface area contributed by atoms with Crippen molar-refractivity contribution in [3.63, 3.8) is 0 Å². The molecule has 2 rings (SSSR count). The lowest BCUT2D eigenvalue weighted by molar-refractivity contribution is -0.140. The van der Waals surface area contributed by atoms with E-state index < -0.39 is 0 Å². The summed E-state index contributed by atoms with van der Waals surface area (Å²) in [5, 5.41) is 3.43. The van der Waals surface area contributed by atoms with Gasteiger partial charge in [0.15, 0.2) is 0 Å². The molecule has 5 nitrogen and oxygen atoms in total. The molecule has 0 radical (unpaired) electrons. The minimum absolute atomic E-state index is 0.169. The van der Waals surface area contributed by atoms with E-state index in [1.807, 2.05) is 11.8 Å². The number of nitrogens with zero attached hydrogens (tertiary/aromatic N) is 2. The highest BCUT2D eigenvalue weighted by molar-refractivity contribution is 5.78. The average Bonchev–Trinajstić information content (AvgIpc) is 2.34. The molecule has 0 saturated carbocycles. The summed E-state index contributed by atoms with van der Waals surface area (Å²) in [7, 11) is 0. The van der Waals surface area contributed by atoms with Gasteiger partial charge in [0.1, 0.15) is 0 Å². The van der Waals surface area contributed by atoms with Crippen LogP contribution in [0.25, 0.3) is 0 Å². The highest BCUT2D eigenvalue weighted by atomic mass is 16.5. The second-order valence-electron chi connectivity index (χ2n) is 5.61. The van der Waals surface area contributed by atoms with E-state index in [1.54, 1.807) is 0 Å². The van der Waals surface area contributed by atoms with Crippen LogP contribution in [0, 0.1) is 0 Å². The third-order valence-corrected chi connectivity index (χ3v) is 3.83. The van der Waals surface area contributed by atoms with Crippen LogP contribution in [0.5, 0.6) is 0 Å². The standard InChI is InChI=1S/C13H25N3O2/c1-10-7-16(11(2)6-14-10)9-13(17)15-4-5-18-12(3)8-15/h10-12,14H,4-9H2,1-3H3. The zero-order valence-corrected chi connectivity index (χ0v) is 11.7. The van der Waals surface area contributed by atoms with Gasteiger partial charge in [0.25, 0.3) is 0 Å². The summed E-state index contributed by atoms with van der Waals surface area (Å²) in [6.45, 7) is 11.0. The molecule has 0 aliphatic carbocycles. The van der Waals surface area contributed by atoms with Crippen LogP contribution >= 0.6 is 0 Å². The van der Waals surface area contributed by atoms with E-state index in [-0.39, 0.29) is 12.0 Å². The molecule has 0 aromatic carbocycles. The van der Waals surface area contributed by atoms with Gasteiger partial charge in [0, 0.05) is 38.3 Å². The van der Waals surface area contributed by atoms with Gasteiger partial charge >= 0.3 is 0 Å². The number of hydrogen-bond acceptors (Lipinski definition) is 4. The molecule has 1 amide bonds. The molecule has 5 heteroatoms. The van der Waals surface area contributed by atoms with Gasteiger partial charge < -0.3 is 15.0 Å². The predicted octanol–water partition coefficient (Wildman–Crippen LogP) is -0.0841. The Balaban J connectivity index is 1.85. The van der Waals surface area contributed by atoms with Crippen molar-refractivity contribution in [3.8, 4) is 0 Å². The Morgan fingerprint density at radius 3 is 2.83 bits per heavy atom. The summed E-state index contributed by atoms with van der Waals surface area (Å²) < 4.78 is 5.47. The van der Waals surface area contributed by atoms with Gasteiger partial charge in [-0.3, -0.25) is 9.69 Å². The number of piperazine rings is 1. The number of ether oxygens (including phenoxy) is 1. The number of carbonyl (C=O) groups is 1. The van der Waals surface area contributed by atoms with Crippen LogP contribution < -0.4 is 5.32 Å². The lowest BCUT2D eigenvalue weighted by atomic mass is 10.1. The number of amides is 1. The smallest absolute Gasteiger partial charge is 0.236 e. The Morgan fingerprint density at radius 2 is 2.11 bits per heavy atom. The fraction of sp³-hybridized carbons (Fsp3) is 0.923. The van der Waals surface area contributed by atoms with Gasteiger partial charge in [-0.2, -0.15) is 0 Å². The minimum atomic E-state index is 0.169. The third kappa shape index (κ3) is 3.43. The molecule has 2 aliphatic heterocycles. The summed E-state index contributed by atoms with van der Waals surface area (Å²) >= 11 is 0. The zero-order chi connectivity index (χ0) is 13.1. The van der Waals surface area contributed by atoms with Crippen molar-refractivity contribution in [2.24, 2.45) is 0 Å². The first-order valence-electron chi connectivity index (χ1n) is 6.93. The van der Waals surface area contributed by atoms with Crippen molar-refractivity contribution < 1.29 is 9.53 Å². The maximum atomic E-state index is 12.3. The van der Waals surface area contributed by atoms with E-state index in [2.05, 4.69) is 24.1 Å². The topological polar surface area (TPSA) is 44.8 Å². The predicted molar refractivity (Wildman–Crippen MR) is 70.5 cm³/mol. The van der Waals surface area contributed by atoms with Crippen LogP contribution in [0.3, 0.4) is 0 Å². The Bertz CT molecular complexity index is 298. The molecule has 2 saturated heterocycles. The van der Waals surface area contributed by atoms with Crippen LogP contribution in [0.4, 0.5) is 0 Å². The summed E-state index contributed by atoms with van der Waals surface area (Å²) in [6.07, 6.45) is 0.169. The Morgan fingerprint density at radius 1 is 1.33 bits per heavy atom. The highest BCUT2D eigenvalue weighted by Gasteiger charge is 2.27. The van der Waals surface area contributed by atoms with E-state index in [4.69, 9.17) is 4.74 Å². The minimum Gasteiger partial charge on any atom is -0.375 e. The largest absolute Gasteiger partial charge is 0.375 e. The Hall–Kier alpha value is -0.650. The van der Waals surface area contributed by atoms with Crippen molar-refractivity contribution in [1.82, 2.24) is 15.1 Å². The van der Waals surface area contributed by atoms with E-state index >= 15 is 0 Å². The van der Waals surface area contributed by atoms with Gasteiger partial charge in [-0.15, -0.1) is 0 Å². The molecule has 2 heterocycles. The lowest BCUT2D eigenvalue weighted by Gasteiger charge is -2.39. The van der Waals surface area contributed by atoms with E-state index in [0.29, 0.717) is 25.2 Å². The molecule has 0 aromatic rings. The molecule has 0 spiro atoms. The first-order chi connectivity index (χ1) is 8.56. The van der Waals surface area contributed by atoms with E-state index in [0.717, 1.165) is 26.2 Å². The maximum Gasteiger partial charge on any atom is 0.236 e. The van der Waals surface area contributed by atoms with Crippen molar-refractivity contribution in [2.45, 2.75) is 39.0 Å². The first-order valence-corrected chi connectivity index (χ1v) is 6.93. The molecular formula is C13H25N3O2. The second-order valence-corrected chi connectivity index (χ2v) is 5.61.